The van der Waals surface area contributed by atoms with E-state index in [1.165, 1.54) is 0 Å². The number of carbonyl (C=O) groups is 2. The number of aromatic nitrogens is 1. The highest BCUT2D eigenvalue weighted by Crippen LogP contribution is 2.36. The number of hydrogen-bond acceptors (Lipinski definition) is 8. The number of benzene rings is 1. The molecule has 3 saturated heterocycles. The molecule has 2 unspecified atom stereocenters. The highest BCUT2D eigenvalue weighted by molar-refractivity contribution is 5.97. The first kappa shape index (κ1) is 27.4. The number of anilines is 1. The van der Waals surface area contributed by atoms with Gasteiger partial charge in [0.2, 0.25) is 5.88 Å². The van der Waals surface area contributed by atoms with Gasteiger partial charge in [-0.2, -0.15) is 0 Å². The molecule has 0 aliphatic carbocycles. The van der Waals surface area contributed by atoms with E-state index in [9.17, 15) is 9.59 Å². The SMILES string of the molecule is CC(C)(C)OC(=O)N1CC2CCC(C1)N2c1ccnc(OCCN2CCN(CC(=O)c3ccccc3)CC2)c1. The van der Waals surface area contributed by atoms with Gasteiger partial charge in [0, 0.05) is 81.4 Å². The molecule has 1 aromatic carbocycles. The van der Waals surface area contributed by atoms with Gasteiger partial charge in [0.1, 0.15) is 12.2 Å². The maximum atomic E-state index is 12.6. The van der Waals surface area contributed by atoms with Crippen molar-refractivity contribution in [3.05, 3.63) is 54.2 Å². The third-order valence-electron chi connectivity index (χ3n) is 7.74. The van der Waals surface area contributed by atoms with Crippen LogP contribution in [0.1, 0.15) is 44.0 Å². The molecule has 4 heterocycles. The molecule has 1 aromatic heterocycles. The highest BCUT2D eigenvalue weighted by atomic mass is 16.6. The molecule has 5 rings (SSSR count). The van der Waals surface area contributed by atoms with E-state index in [2.05, 4.69) is 19.7 Å². The summed E-state index contributed by atoms with van der Waals surface area (Å²) in [5, 5.41) is 0. The molecular formula is C30H41N5O4. The molecule has 3 fully saturated rings. The summed E-state index contributed by atoms with van der Waals surface area (Å²) >= 11 is 0. The molecular weight excluding hydrogens is 494 g/mol. The predicted octanol–water partition coefficient (Wildman–Crippen LogP) is 3.55. The molecule has 0 radical (unpaired) electrons. The quantitative estimate of drug-likeness (QED) is 0.475. The predicted molar refractivity (Wildman–Crippen MR) is 150 cm³/mol. The number of likely N-dealkylation sites (tertiary alicyclic amines) is 1. The van der Waals surface area contributed by atoms with Gasteiger partial charge in [-0.15, -0.1) is 0 Å². The number of ether oxygens (including phenoxy) is 2. The monoisotopic (exact) mass is 535 g/mol. The number of pyridine rings is 1. The minimum atomic E-state index is -0.487. The Morgan fingerprint density at radius 1 is 0.949 bits per heavy atom. The lowest BCUT2D eigenvalue weighted by atomic mass is 10.1. The molecule has 3 aliphatic heterocycles. The minimum absolute atomic E-state index is 0.179. The molecule has 39 heavy (non-hydrogen) atoms. The van der Waals surface area contributed by atoms with Crippen LogP contribution in [0.2, 0.25) is 0 Å². The van der Waals surface area contributed by atoms with E-state index in [4.69, 9.17) is 9.47 Å². The number of nitrogens with zero attached hydrogens (tertiary/aromatic N) is 5. The van der Waals surface area contributed by atoms with Crippen LogP contribution in [-0.2, 0) is 4.74 Å². The first-order chi connectivity index (χ1) is 18.7. The first-order valence-corrected chi connectivity index (χ1v) is 14.1. The van der Waals surface area contributed by atoms with Crippen LogP contribution in [0.3, 0.4) is 0 Å². The van der Waals surface area contributed by atoms with Crippen molar-refractivity contribution in [3.8, 4) is 5.88 Å². The van der Waals surface area contributed by atoms with Crippen molar-refractivity contribution in [2.75, 3.05) is 63.9 Å². The number of carbonyl (C=O) groups excluding carboxylic acids is 2. The zero-order valence-corrected chi connectivity index (χ0v) is 23.4. The summed E-state index contributed by atoms with van der Waals surface area (Å²) < 4.78 is 11.7. The fourth-order valence-corrected chi connectivity index (χ4v) is 5.81. The molecule has 0 saturated carbocycles. The topological polar surface area (TPSA) is 78.5 Å². The van der Waals surface area contributed by atoms with Gasteiger partial charge < -0.3 is 19.3 Å². The van der Waals surface area contributed by atoms with Crippen LogP contribution in [0.4, 0.5) is 10.5 Å². The fourth-order valence-electron chi connectivity index (χ4n) is 5.81. The van der Waals surface area contributed by atoms with Gasteiger partial charge >= 0.3 is 6.09 Å². The average molecular weight is 536 g/mol. The minimum Gasteiger partial charge on any atom is -0.476 e. The van der Waals surface area contributed by atoms with Gasteiger partial charge in [0.05, 0.1) is 6.54 Å². The van der Waals surface area contributed by atoms with Crippen LogP contribution in [0, 0.1) is 0 Å². The van der Waals surface area contributed by atoms with E-state index in [1.54, 1.807) is 0 Å². The van der Waals surface area contributed by atoms with Crippen LogP contribution >= 0.6 is 0 Å². The first-order valence-electron chi connectivity index (χ1n) is 14.1. The maximum Gasteiger partial charge on any atom is 0.410 e. The Morgan fingerprint density at radius 2 is 1.62 bits per heavy atom. The fraction of sp³-hybridized carbons (Fsp3) is 0.567. The lowest BCUT2D eigenvalue weighted by molar-refractivity contribution is 0.0209. The van der Waals surface area contributed by atoms with Crippen molar-refractivity contribution in [2.45, 2.75) is 51.3 Å². The Labute approximate surface area is 231 Å². The molecule has 9 nitrogen and oxygen atoms in total. The van der Waals surface area contributed by atoms with E-state index in [0.717, 1.165) is 56.8 Å². The molecule has 210 valence electrons. The number of piperazine rings is 2. The molecule has 0 N–H and O–H groups in total. The number of fused-ring (bicyclic) bond motifs is 2. The Balaban J connectivity index is 1.07. The Morgan fingerprint density at radius 3 is 2.28 bits per heavy atom. The van der Waals surface area contributed by atoms with Crippen molar-refractivity contribution in [1.82, 2.24) is 19.7 Å². The highest BCUT2D eigenvalue weighted by Gasteiger charge is 2.42. The largest absolute Gasteiger partial charge is 0.476 e. The van der Waals surface area contributed by atoms with E-state index >= 15 is 0 Å². The van der Waals surface area contributed by atoms with Crippen molar-refractivity contribution >= 4 is 17.6 Å². The molecule has 9 heteroatoms. The summed E-state index contributed by atoms with van der Waals surface area (Å²) in [4.78, 5) is 38.5. The van der Waals surface area contributed by atoms with Gasteiger partial charge in [-0.1, -0.05) is 30.3 Å². The normalized spacial score (nSPS) is 22.1. The lowest BCUT2D eigenvalue weighted by Gasteiger charge is -2.42. The van der Waals surface area contributed by atoms with Crippen LogP contribution < -0.4 is 9.64 Å². The van der Waals surface area contributed by atoms with Crippen molar-refractivity contribution in [1.29, 1.82) is 0 Å². The van der Waals surface area contributed by atoms with Gasteiger partial charge in [0.15, 0.2) is 5.78 Å². The third-order valence-corrected chi connectivity index (χ3v) is 7.74. The molecule has 0 spiro atoms. The van der Waals surface area contributed by atoms with E-state index < -0.39 is 5.60 Å². The summed E-state index contributed by atoms with van der Waals surface area (Å²) in [6.45, 7) is 12.5. The Bertz CT molecular complexity index is 1120. The number of Topliss-reactive ketones (excluding diaryl/α,β-unsaturated/α-hetero) is 1. The summed E-state index contributed by atoms with van der Waals surface area (Å²) in [6, 6.07) is 14.1. The van der Waals surface area contributed by atoms with E-state index in [1.807, 2.05) is 74.3 Å². The smallest absolute Gasteiger partial charge is 0.410 e. The van der Waals surface area contributed by atoms with E-state index in [0.29, 0.717) is 32.1 Å². The zero-order chi connectivity index (χ0) is 27.4. The third kappa shape index (κ3) is 7.08. The van der Waals surface area contributed by atoms with Gasteiger partial charge in [-0.3, -0.25) is 14.6 Å². The Hall–Kier alpha value is -3.17. The van der Waals surface area contributed by atoms with Crippen LogP contribution in [0.25, 0.3) is 0 Å². The van der Waals surface area contributed by atoms with Gasteiger partial charge in [0.25, 0.3) is 0 Å². The maximum absolute atomic E-state index is 12.6. The second-order valence-corrected chi connectivity index (χ2v) is 11.8. The number of amides is 1. The molecule has 2 atom stereocenters. The number of hydrogen-bond donors (Lipinski definition) is 0. The van der Waals surface area contributed by atoms with Crippen LogP contribution in [0.15, 0.2) is 48.7 Å². The van der Waals surface area contributed by atoms with Crippen molar-refractivity contribution in [2.24, 2.45) is 0 Å². The average Bonchev–Trinajstić information content (AvgIpc) is 3.18. The second-order valence-electron chi connectivity index (χ2n) is 11.8. The number of rotatable bonds is 8. The van der Waals surface area contributed by atoms with Gasteiger partial charge in [-0.25, -0.2) is 9.78 Å². The molecule has 2 bridgehead atoms. The molecule has 1 amide bonds. The number of ketones is 1. The van der Waals surface area contributed by atoms with Crippen molar-refractivity contribution < 1.29 is 19.1 Å². The standard InChI is InChI=1S/C30H41N5O4/c1-30(2,3)39-29(37)34-20-25-9-10-26(21-34)35(25)24-11-12-31-28(19-24)38-18-17-32-13-15-33(16-14-32)22-27(36)23-7-5-4-6-8-23/h4-8,11-12,19,25-26H,9-10,13-18,20-22H2,1-3H3. The van der Waals surface area contributed by atoms with Gasteiger partial charge in [-0.05, 0) is 39.7 Å². The zero-order valence-electron chi connectivity index (χ0n) is 23.4. The molecule has 3 aliphatic rings. The summed E-state index contributed by atoms with van der Waals surface area (Å²) in [5.41, 5.74) is 1.40. The van der Waals surface area contributed by atoms with Crippen LogP contribution in [0.5, 0.6) is 5.88 Å². The summed E-state index contributed by atoms with van der Waals surface area (Å²) in [6.07, 6.45) is 3.71. The van der Waals surface area contributed by atoms with Crippen molar-refractivity contribution in [3.63, 3.8) is 0 Å². The summed E-state index contributed by atoms with van der Waals surface area (Å²) in [5.74, 6) is 0.812. The summed E-state index contributed by atoms with van der Waals surface area (Å²) in [7, 11) is 0. The lowest BCUT2D eigenvalue weighted by Crippen LogP contribution is -2.56. The molecule has 2 aromatic rings. The van der Waals surface area contributed by atoms with E-state index in [-0.39, 0.29) is 24.0 Å². The van der Waals surface area contributed by atoms with Crippen LogP contribution in [-0.4, -0.2) is 108 Å². The second kappa shape index (κ2) is 11.9. The Kier molecular flexibility index (Phi) is 8.37.